The highest BCUT2D eigenvalue weighted by atomic mass is 35.5. The molecule has 0 aliphatic carbocycles. The Bertz CT molecular complexity index is 1230. The van der Waals surface area contributed by atoms with Crippen molar-refractivity contribution in [1.82, 2.24) is 24.6 Å². The Balaban J connectivity index is 1.51. The topological polar surface area (TPSA) is 104 Å². The van der Waals surface area contributed by atoms with Gasteiger partial charge in [-0.15, -0.1) is 0 Å². The molecule has 0 radical (unpaired) electrons. The third kappa shape index (κ3) is 4.53. The van der Waals surface area contributed by atoms with E-state index in [1.54, 1.807) is 22.7 Å². The minimum Gasteiger partial charge on any atom is -0.336 e. The zero-order valence-corrected chi connectivity index (χ0v) is 19.3. The van der Waals surface area contributed by atoms with E-state index in [-0.39, 0.29) is 16.6 Å². The summed E-state index contributed by atoms with van der Waals surface area (Å²) in [5.74, 6) is -0.173. The second kappa shape index (κ2) is 9.16. The number of hydrogen-bond donors (Lipinski definition) is 1. The van der Waals surface area contributed by atoms with Crippen LogP contribution in [-0.4, -0.2) is 76.1 Å². The van der Waals surface area contributed by atoms with E-state index < -0.39 is 6.03 Å². The molecule has 172 valence electrons. The molecule has 0 saturated carbocycles. The SMILES string of the molecule is Cc1nn(C)c2ncc(NC(=O)N(C=O)c3ccc(C(=O)N4CCN(C)CC4)c(Cl)c3)cc12. The van der Waals surface area contributed by atoms with E-state index >= 15 is 0 Å². The molecule has 1 N–H and O–H groups in total. The van der Waals surface area contributed by atoms with Crippen molar-refractivity contribution in [2.75, 3.05) is 43.4 Å². The predicted octanol–water partition coefficient (Wildman–Crippen LogP) is 2.51. The van der Waals surface area contributed by atoms with E-state index in [1.165, 1.54) is 24.4 Å². The highest BCUT2D eigenvalue weighted by Gasteiger charge is 2.24. The number of pyridine rings is 1. The number of carbonyl (C=O) groups excluding carboxylic acids is 3. The molecule has 4 amide bonds. The fraction of sp³-hybridized carbons (Fsp3) is 0.318. The number of halogens is 1. The van der Waals surface area contributed by atoms with E-state index in [0.717, 1.165) is 29.1 Å². The molecule has 1 fully saturated rings. The summed E-state index contributed by atoms with van der Waals surface area (Å²) >= 11 is 6.37. The molecular weight excluding hydrogens is 446 g/mol. The van der Waals surface area contributed by atoms with Crippen molar-refractivity contribution >= 4 is 52.4 Å². The van der Waals surface area contributed by atoms with E-state index in [4.69, 9.17) is 11.6 Å². The van der Waals surface area contributed by atoms with Crippen molar-refractivity contribution in [3.8, 4) is 0 Å². The lowest BCUT2D eigenvalue weighted by molar-refractivity contribution is -0.106. The molecule has 1 aliphatic heterocycles. The number of aryl methyl sites for hydroxylation is 2. The first-order chi connectivity index (χ1) is 15.8. The normalized spacial score (nSPS) is 14.4. The molecule has 1 aromatic carbocycles. The van der Waals surface area contributed by atoms with Gasteiger partial charge in [-0.3, -0.25) is 14.3 Å². The van der Waals surface area contributed by atoms with Crippen LogP contribution >= 0.6 is 11.6 Å². The molecule has 33 heavy (non-hydrogen) atoms. The fourth-order valence-electron chi connectivity index (χ4n) is 3.79. The van der Waals surface area contributed by atoms with E-state index in [1.807, 2.05) is 14.0 Å². The van der Waals surface area contributed by atoms with Crippen LogP contribution in [0.1, 0.15) is 16.1 Å². The van der Waals surface area contributed by atoms with Gasteiger partial charge in [-0.1, -0.05) is 11.6 Å². The zero-order chi connectivity index (χ0) is 23.7. The van der Waals surface area contributed by atoms with Gasteiger partial charge in [-0.25, -0.2) is 14.7 Å². The fourth-order valence-corrected chi connectivity index (χ4v) is 4.05. The molecule has 0 spiro atoms. The third-order valence-corrected chi connectivity index (χ3v) is 6.00. The number of piperazine rings is 1. The lowest BCUT2D eigenvalue weighted by Crippen LogP contribution is -2.47. The number of urea groups is 1. The van der Waals surface area contributed by atoms with Crippen LogP contribution in [0.2, 0.25) is 5.02 Å². The minimum atomic E-state index is -0.679. The van der Waals surface area contributed by atoms with E-state index in [0.29, 0.717) is 36.4 Å². The number of benzene rings is 1. The molecule has 2 aromatic heterocycles. The average molecular weight is 470 g/mol. The maximum atomic E-state index is 12.8. The van der Waals surface area contributed by atoms with Crippen LogP contribution in [0.25, 0.3) is 11.0 Å². The summed E-state index contributed by atoms with van der Waals surface area (Å²) in [4.78, 5) is 46.5. The Labute approximate surface area is 195 Å². The number of likely N-dealkylation sites (N-methyl/N-ethyl adjacent to an activating group) is 1. The molecule has 0 unspecified atom stereocenters. The smallest absolute Gasteiger partial charge is 0.333 e. The zero-order valence-electron chi connectivity index (χ0n) is 18.6. The van der Waals surface area contributed by atoms with Gasteiger partial charge in [0.1, 0.15) is 0 Å². The van der Waals surface area contributed by atoms with Gasteiger partial charge >= 0.3 is 6.03 Å². The number of hydrogen-bond acceptors (Lipinski definition) is 6. The lowest BCUT2D eigenvalue weighted by Gasteiger charge is -2.32. The van der Waals surface area contributed by atoms with Gasteiger partial charge in [0, 0.05) is 38.6 Å². The number of anilines is 2. The molecule has 1 aliphatic rings. The van der Waals surface area contributed by atoms with Gasteiger partial charge in [0.2, 0.25) is 6.41 Å². The Morgan fingerprint density at radius 1 is 1.15 bits per heavy atom. The summed E-state index contributed by atoms with van der Waals surface area (Å²) in [6, 6.07) is 5.56. The van der Waals surface area contributed by atoms with Gasteiger partial charge in [0.25, 0.3) is 5.91 Å². The van der Waals surface area contributed by atoms with Crippen LogP contribution in [0.3, 0.4) is 0 Å². The summed E-state index contributed by atoms with van der Waals surface area (Å²) in [5, 5.41) is 7.94. The maximum absolute atomic E-state index is 12.8. The number of fused-ring (bicyclic) bond motifs is 1. The van der Waals surface area contributed by atoms with Crippen LogP contribution < -0.4 is 10.2 Å². The number of nitrogens with one attached hydrogen (secondary N) is 1. The molecule has 10 nitrogen and oxygen atoms in total. The molecule has 1 saturated heterocycles. The summed E-state index contributed by atoms with van der Waals surface area (Å²) in [6.45, 7) is 4.66. The maximum Gasteiger partial charge on any atom is 0.333 e. The standard InChI is InChI=1S/C22H24ClN7O3/c1-14-18-10-15(12-24-20(18)28(3)26-14)25-22(33)30(13-31)16-4-5-17(19(23)11-16)21(32)29-8-6-27(2)7-9-29/h4-5,10-13H,6-9H2,1-3H3,(H,25,33). The van der Waals surface area contributed by atoms with Crippen LogP contribution in [0.4, 0.5) is 16.2 Å². The molecule has 3 aromatic rings. The highest BCUT2D eigenvalue weighted by Crippen LogP contribution is 2.26. The van der Waals surface area contributed by atoms with Gasteiger partial charge in [-0.2, -0.15) is 5.10 Å². The van der Waals surface area contributed by atoms with Crippen molar-refractivity contribution in [3.63, 3.8) is 0 Å². The first kappa shape index (κ1) is 22.7. The van der Waals surface area contributed by atoms with Gasteiger partial charge < -0.3 is 15.1 Å². The highest BCUT2D eigenvalue weighted by molar-refractivity contribution is 6.34. The Hall–Kier alpha value is -3.50. The van der Waals surface area contributed by atoms with Crippen LogP contribution in [-0.2, 0) is 11.8 Å². The van der Waals surface area contributed by atoms with Crippen molar-refractivity contribution in [1.29, 1.82) is 0 Å². The van der Waals surface area contributed by atoms with Crippen LogP contribution in [0.15, 0.2) is 30.5 Å². The van der Waals surface area contributed by atoms with Gasteiger partial charge in [0.05, 0.1) is 33.9 Å². The number of carbonyl (C=O) groups is 3. The monoisotopic (exact) mass is 469 g/mol. The first-order valence-corrected chi connectivity index (χ1v) is 10.8. The summed E-state index contributed by atoms with van der Waals surface area (Å²) < 4.78 is 1.65. The molecule has 3 heterocycles. The molecule has 4 rings (SSSR count). The molecule has 11 heteroatoms. The largest absolute Gasteiger partial charge is 0.336 e. The van der Waals surface area contributed by atoms with E-state index in [2.05, 4.69) is 20.3 Å². The second-order valence-electron chi connectivity index (χ2n) is 7.97. The van der Waals surface area contributed by atoms with E-state index in [9.17, 15) is 14.4 Å². The van der Waals surface area contributed by atoms with Crippen molar-refractivity contribution in [2.45, 2.75) is 6.92 Å². The number of rotatable bonds is 4. The minimum absolute atomic E-state index is 0.171. The molecule has 0 bridgehead atoms. The van der Waals surface area contributed by atoms with Gasteiger partial charge in [0.15, 0.2) is 5.65 Å². The molecular formula is C22H24ClN7O3. The van der Waals surface area contributed by atoms with Gasteiger partial charge in [-0.05, 0) is 38.2 Å². The first-order valence-electron chi connectivity index (χ1n) is 10.4. The predicted molar refractivity (Wildman–Crippen MR) is 126 cm³/mol. The van der Waals surface area contributed by atoms with Crippen LogP contribution in [0, 0.1) is 6.92 Å². The Morgan fingerprint density at radius 2 is 1.88 bits per heavy atom. The quantitative estimate of drug-likeness (QED) is 0.589. The number of aromatic nitrogens is 3. The van der Waals surface area contributed by atoms with Crippen molar-refractivity contribution in [2.24, 2.45) is 7.05 Å². The average Bonchev–Trinajstić information content (AvgIpc) is 3.07. The number of nitrogens with zero attached hydrogens (tertiary/aromatic N) is 6. The summed E-state index contributed by atoms with van der Waals surface area (Å²) in [7, 11) is 3.80. The Kier molecular flexibility index (Phi) is 6.30. The summed E-state index contributed by atoms with van der Waals surface area (Å²) in [5.41, 5.74) is 2.45. The van der Waals surface area contributed by atoms with Crippen LogP contribution in [0.5, 0.6) is 0 Å². The Morgan fingerprint density at radius 3 is 2.55 bits per heavy atom. The second-order valence-corrected chi connectivity index (χ2v) is 8.38. The van der Waals surface area contributed by atoms with Crippen molar-refractivity contribution < 1.29 is 14.4 Å². The molecule has 0 atom stereocenters. The lowest BCUT2D eigenvalue weighted by atomic mass is 10.1. The third-order valence-electron chi connectivity index (χ3n) is 5.69. The number of amides is 4. The van der Waals surface area contributed by atoms with Crippen molar-refractivity contribution in [3.05, 3.63) is 46.7 Å². The number of imide groups is 1. The summed E-state index contributed by atoms with van der Waals surface area (Å²) in [6.07, 6.45) is 1.89.